The summed E-state index contributed by atoms with van der Waals surface area (Å²) in [6, 6.07) is 4.32. The van der Waals surface area contributed by atoms with Gasteiger partial charge in [0.05, 0.1) is 6.10 Å². The third kappa shape index (κ3) is 2.62. The number of hydrogen-bond donors (Lipinski definition) is 0. The van der Waals surface area contributed by atoms with Gasteiger partial charge < -0.3 is 4.74 Å². The largest absolute Gasteiger partial charge is 0.377 e. The fourth-order valence-electron chi connectivity index (χ4n) is 3.55. The number of benzene rings is 1. The molecule has 5 heteroatoms. The smallest absolute Gasteiger partial charge is 0.219 e. The van der Waals surface area contributed by atoms with Crippen molar-refractivity contribution in [2.75, 3.05) is 13.2 Å². The summed E-state index contributed by atoms with van der Waals surface area (Å²) in [5.74, 6) is 0. The molecule has 4 nitrogen and oxygen atoms in total. The van der Waals surface area contributed by atoms with Gasteiger partial charge in [-0.25, -0.2) is 8.42 Å². The lowest BCUT2D eigenvalue weighted by Gasteiger charge is -2.32. The first-order valence-electron chi connectivity index (χ1n) is 7.59. The summed E-state index contributed by atoms with van der Waals surface area (Å²) < 4.78 is 32.8. The molecule has 21 heavy (non-hydrogen) atoms. The van der Waals surface area contributed by atoms with Crippen LogP contribution in [-0.2, 0) is 27.7 Å². The maximum atomic E-state index is 12.8. The van der Waals surface area contributed by atoms with Crippen molar-refractivity contribution in [1.82, 2.24) is 4.31 Å². The lowest BCUT2D eigenvalue weighted by atomic mass is 9.94. The molecule has 0 aliphatic carbocycles. The average Bonchev–Trinajstić information content (AvgIpc) is 2.85. The molecule has 2 heterocycles. The van der Waals surface area contributed by atoms with Crippen LogP contribution in [0.25, 0.3) is 0 Å². The molecule has 0 amide bonds. The molecular weight excluding hydrogens is 286 g/mol. The molecule has 116 valence electrons. The molecule has 1 aromatic rings. The van der Waals surface area contributed by atoms with Crippen molar-refractivity contribution < 1.29 is 13.2 Å². The molecule has 2 atom stereocenters. The van der Waals surface area contributed by atoms with Crippen molar-refractivity contribution in [3.63, 3.8) is 0 Å². The maximum absolute atomic E-state index is 12.8. The zero-order valence-electron chi connectivity index (χ0n) is 12.9. The van der Waals surface area contributed by atoms with Crippen LogP contribution in [0, 0.1) is 13.8 Å². The minimum absolute atomic E-state index is 0.199. The first kappa shape index (κ1) is 15.0. The van der Waals surface area contributed by atoms with E-state index >= 15 is 0 Å². The number of fused-ring (bicyclic) bond motifs is 1. The monoisotopic (exact) mass is 309 g/mol. The summed E-state index contributed by atoms with van der Waals surface area (Å²) in [4.78, 5) is 0. The minimum Gasteiger partial charge on any atom is -0.377 e. The van der Waals surface area contributed by atoms with Crippen molar-refractivity contribution >= 4 is 10.0 Å². The van der Waals surface area contributed by atoms with Gasteiger partial charge in [0.2, 0.25) is 10.0 Å². The molecule has 1 fully saturated rings. The summed E-state index contributed by atoms with van der Waals surface area (Å²) in [5, 5.41) is -0.384. The molecule has 0 N–H and O–H groups in total. The van der Waals surface area contributed by atoms with E-state index in [-0.39, 0.29) is 11.4 Å². The normalized spacial score (nSPS) is 26.8. The van der Waals surface area contributed by atoms with E-state index in [4.69, 9.17) is 4.74 Å². The van der Waals surface area contributed by atoms with Crippen LogP contribution in [0.3, 0.4) is 0 Å². The van der Waals surface area contributed by atoms with Gasteiger partial charge in [-0.2, -0.15) is 4.31 Å². The maximum Gasteiger partial charge on any atom is 0.219 e. The quantitative estimate of drug-likeness (QED) is 0.841. The Balaban J connectivity index is 1.89. The Morgan fingerprint density at radius 3 is 2.71 bits per heavy atom. The third-order valence-electron chi connectivity index (χ3n) is 4.72. The first-order valence-corrected chi connectivity index (χ1v) is 9.09. The molecule has 0 bridgehead atoms. The van der Waals surface area contributed by atoms with Gasteiger partial charge in [-0.05, 0) is 50.3 Å². The Bertz CT molecular complexity index is 654. The van der Waals surface area contributed by atoms with Crippen molar-refractivity contribution in [3.05, 3.63) is 34.4 Å². The van der Waals surface area contributed by atoms with Crippen LogP contribution in [0.5, 0.6) is 0 Å². The Kier molecular flexibility index (Phi) is 3.84. The molecule has 3 rings (SSSR count). The second kappa shape index (κ2) is 5.38. The Morgan fingerprint density at radius 2 is 2.05 bits per heavy atom. The standard InChI is InChI=1S/C16H23NO3S/c1-11-8-12(2)15-10-17(6-4-14(15)9-11)21(18,19)16-5-7-20-13(16)3/h8-9,13,16H,4-7,10H2,1-3H3/t13-,16+/m0/s1. The van der Waals surface area contributed by atoms with Crippen LogP contribution >= 0.6 is 0 Å². The second-order valence-electron chi connectivity index (χ2n) is 6.25. The van der Waals surface area contributed by atoms with Crippen molar-refractivity contribution in [2.24, 2.45) is 0 Å². The molecule has 0 aromatic heterocycles. The van der Waals surface area contributed by atoms with E-state index in [1.165, 1.54) is 22.3 Å². The lowest BCUT2D eigenvalue weighted by Crippen LogP contribution is -2.44. The number of ether oxygens (including phenoxy) is 1. The van der Waals surface area contributed by atoms with Gasteiger partial charge in [0.25, 0.3) is 0 Å². The molecule has 0 unspecified atom stereocenters. The summed E-state index contributed by atoms with van der Waals surface area (Å²) in [5.41, 5.74) is 4.93. The van der Waals surface area contributed by atoms with E-state index < -0.39 is 10.0 Å². The van der Waals surface area contributed by atoms with Crippen LogP contribution in [-0.4, -0.2) is 37.2 Å². The zero-order valence-corrected chi connectivity index (χ0v) is 13.7. The highest BCUT2D eigenvalue weighted by molar-refractivity contribution is 7.89. The number of rotatable bonds is 2. The van der Waals surface area contributed by atoms with Crippen LogP contribution < -0.4 is 0 Å². The molecule has 2 aliphatic rings. The van der Waals surface area contributed by atoms with Gasteiger partial charge in [0, 0.05) is 19.7 Å². The van der Waals surface area contributed by atoms with Gasteiger partial charge in [-0.15, -0.1) is 0 Å². The molecule has 1 aromatic carbocycles. The van der Waals surface area contributed by atoms with Gasteiger partial charge in [-0.1, -0.05) is 17.7 Å². The molecular formula is C16H23NO3S. The highest BCUT2D eigenvalue weighted by Gasteiger charge is 2.40. The lowest BCUT2D eigenvalue weighted by molar-refractivity contribution is 0.125. The van der Waals surface area contributed by atoms with E-state index in [1.807, 2.05) is 6.92 Å². The van der Waals surface area contributed by atoms with E-state index in [1.54, 1.807) is 4.31 Å². The Labute approximate surface area is 127 Å². The topological polar surface area (TPSA) is 46.6 Å². The first-order chi connectivity index (χ1) is 9.89. The van der Waals surface area contributed by atoms with Crippen LogP contribution in [0.1, 0.15) is 35.6 Å². The van der Waals surface area contributed by atoms with E-state index in [0.717, 1.165) is 6.42 Å². The Hall–Kier alpha value is -0.910. The van der Waals surface area contributed by atoms with Crippen molar-refractivity contribution in [1.29, 1.82) is 0 Å². The molecule has 0 radical (unpaired) electrons. The van der Waals surface area contributed by atoms with Crippen molar-refractivity contribution in [3.8, 4) is 0 Å². The number of aryl methyl sites for hydroxylation is 2. The summed E-state index contributed by atoms with van der Waals surface area (Å²) in [7, 11) is -3.27. The second-order valence-corrected chi connectivity index (χ2v) is 8.40. The fourth-order valence-corrected chi connectivity index (χ4v) is 5.54. The highest BCUT2D eigenvalue weighted by atomic mass is 32.2. The van der Waals surface area contributed by atoms with Gasteiger partial charge in [0.15, 0.2) is 0 Å². The fraction of sp³-hybridized carbons (Fsp3) is 0.625. The predicted octanol–water partition coefficient (Wildman–Crippen LogP) is 2.17. The third-order valence-corrected chi connectivity index (χ3v) is 7.14. The molecule has 1 saturated heterocycles. The predicted molar refractivity (Wildman–Crippen MR) is 82.8 cm³/mol. The minimum atomic E-state index is -3.27. The van der Waals surface area contributed by atoms with Gasteiger partial charge >= 0.3 is 0 Å². The van der Waals surface area contributed by atoms with Crippen molar-refractivity contribution in [2.45, 2.75) is 51.5 Å². The van der Waals surface area contributed by atoms with E-state index in [9.17, 15) is 8.42 Å². The molecule has 0 saturated carbocycles. The van der Waals surface area contributed by atoms with Crippen LogP contribution in [0.15, 0.2) is 12.1 Å². The average molecular weight is 309 g/mol. The van der Waals surface area contributed by atoms with Gasteiger partial charge in [0.1, 0.15) is 5.25 Å². The Morgan fingerprint density at radius 1 is 1.29 bits per heavy atom. The summed E-state index contributed by atoms with van der Waals surface area (Å²) in [6.07, 6.45) is 1.22. The number of sulfonamides is 1. The SMILES string of the molecule is Cc1cc(C)c2c(c1)CCN(S(=O)(=O)[C@@H]1CCO[C@H]1C)C2. The van der Waals surface area contributed by atoms with Crippen LogP contribution in [0.4, 0.5) is 0 Å². The number of hydrogen-bond acceptors (Lipinski definition) is 3. The summed E-state index contributed by atoms with van der Waals surface area (Å²) in [6.45, 7) is 7.67. The highest BCUT2D eigenvalue weighted by Crippen LogP contribution is 2.30. The van der Waals surface area contributed by atoms with E-state index in [2.05, 4.69) is 26.0 Å². The van der Waals surface area contributed by atoms with E-state index in [0.29, 0.717) is 26.1 Å². The van der Waals surface area contributed by atoms with Crippen LogP contribution in [0.2, 0.25) is 0 Å². The van der Waals surface area contributed by atoms with Gasteiger partial charge in [-0.3, -0.25) is 0 Å². The zero-order chi connectivity index (χ0) is 15.2. The number of nitrogens with zero attached hydrogens (tertiary/aromatic N) is 1. The molecule has 2 aliphatic heterocycles. The summed E-state index contributed by atoms with van der Waals surface area (Å²) >= 11 is 0. The molecule has 0 spiro atoms.